The first kappa shape index (κ1) is 14.7. The number of benzene rings is 1. The summed E-state index contributed by atoms with van der Waals surface area (Å²) in [5.41, 5.74) is 3.14. The lowest BCUT2D eigenvalue weighted by Gasteiger charge is -2.13. The predicted octanol–water partition coefficient (Wildman–Crippen LogP) is 3.54. The van der Waals surface area contributed by atoms with E-state index in [1.807, 2.05) is 0 Å². The third kappa shape index (κ3) is 2.22. The van der Waals surface area contributed by atoms with Crippen LogP contribution in [-0.2, 0) is 13.0 Å². The van der Waals surface area contributed by atoms with E-state index in [0.717, 1.165) is 24.5 Å². The van der Waals surface area contributed by atoms with Gasteiger partial charge in [-0.1, -0.05) is 27.7 Å². The fraction of sp³-hybridized carbons (Fsp3) is 0.667. The van der Waals surface area contributed by atoms with Gasteiger partial charge in [-0.3, -0.25) is 0 Å². The van der Waals surface area contributed by atoms with Crippen LogP contribution in [0, 0.1) is 10.8 Å². The van der Waals surface area contributed by atoms with Crippen LogP contribution in [-0.4, -0.2) is 19.3 Å². The van der Waals surface area contributed by atoms with Crippen molar-refractivity contribution in [3.8, 4) is 11.5 Å². The summed E-state index contributed by atoms with van der Waals surface area (Å²) in [5, 5.41) is 3.69. The van der Waals surface area contributed by atoms with Gasteiger partial charge in [-0.2, -0.15) is 0 Å². The molecule has 116 valence electrons. The second-order valence-corrected chi connectivity index (χ2v) is 7.66. The first-order chi connectivity index (χ1) is 9.77. The van der Waals surface area contributed by atoms with Gasteiger partial charge in [0.05, 0.1) is 7.11 Å². The van der Waals surface area contributed by atoms with Crippen molar-refractivity contribution < 1.29 is 9.47 Å². The molecule has 1 saturated carbocycles. The monoisotopic (exact) mass is 289 g/mol. The molecule has 3 rings (SSSR count). The molecule has 2 aliphatic rings. The Bertz CT molecular complexity index is 549. The lowest BCUT2D eigenvalue weighted by Crippen LogP contribution is -2.22. The van der Waals surface area contributed by atoms with E-state index >= 15 is 0 Å². The van der Waals surface area contributed by atoms with Crippen molar-refractivity contribution in [2.75, 3.05) is 7.11 Å². The van der Waals surface area contributed by atoms with E-state index in [-0.39, 0.29) is 6.10 Å². The van der Waals surface area contributed by atoms with E-state index in [9.17, 15) is 0 Å². The van der Waals surface area contributed by atoms with Crippen LogP contribution in [0.4, 0.5) is 0 Å². The number of hydrogen-bond acceptors (Lipinski definition) is 3. The largest absolute Gasteiger partial charge is 0.496 e. The molecule has 1 heterocycles. The van der Waals surface area contributed by atoms with Gasteiger partial charge in [0.2, 0.25) is 0 Å². The fourth-order valence-electron chi connectivity index (χ4n) is 3.73. The average molecular weight is 289 g/mol. The molecule has 1 aliphatic carbocycles. The third-order valence-corrected chi connectivity index (χ3v) is 5.82. The Morgan fingerprint density at radius 1 is 1.24 bits per heavy atom. The van der Waals surface area contributed by atoms with Gasteiger partial charge >= 0.3 is 0 Å². The van der Waals surface area contributed by atoms with E-state index in [2.05, 4.69) is 52.1 Å². The van der Waals surface area contributed by atoms with E-state index in [0.29, 0.717) is 16.9 Å². The molecule has 0 spiro atoms. The summed E-state index contributed by atoms with van der Waals surface area (Å²) in [7, 11) is 1.75. The first-order valence-electron chi connectivity index (χ1n) is 7.87. The van der Waals surface area contributed by atoms with Crippen molar-refractivity contribution in [1.82, 2.24) is 5.32 Å². The van der Waals surface area contributed by atoms with Gasteiger partial charge in [-0.15, -0.1) is 0 Å². The van der Waals surface area contributed by atoms with Gasteiger partial charge in [0.15, 0.2) is 0 Å². The Morgan fingerprint density at radius 2 is 1.90 bits per heavy atom. The Labute approximate surface area is 128 Å². The number of nitrogens with one attached hydrogen (secondary N) is 1. The highest BCUT2D eigenvalue weighted by Crippen LogP contribution is 2.62. The molecule has 1 aromatic carbocycles. The van der Waals surface area contributed by atoms with Gasteiger partial charge in [-0.25, -0.2) is 0 Å². The minimum atomic E-state index is 0.272. The van der Waals surface area contributed by atoms with Crippen molar-refractivity contribution >= 4 is 0 Å². The molecule has 1 unspecified atom stereocenters. The molecule has 3 heteroatoms. The fourth-order valence-corrected chi connectivity index (χ4v) is 3.73. The maximum atomic E-state index is 5.87. The zero-order valence-corrected chi connectivity index (χ0v) is 14.0. The molecule has 0 saturated heterocycles. The van der Waals surface area contributed by atoms with E-state index in [1.54, 1.807) is 7.11 Å². The third-order valence-electron chi connectivity index (χ3n) is 5.82. The second kappa shape index (κ2) is 4.64. The molecule has 0 bridgehead atoms. The molecule has 0 aromatic heterocycles. The minimum Gasteiger partial charge on any atom is -0.496 e. The highest BCUT2D eigenvalue weighted by Gasteiger charge is 2.64. The number of fused-ring (bicyclic) bond motifs is 1. The molecule has 21 heavy (non-hydrogen) atoms. The van der Waals surface area contributed by atoms with Gasteiger partial charge in [0.25, 0.3) is 0 Å². The van der Waals surface area contributed by atoms with Crippen molar-refractivity contribution in [2.24, 2.45) is 10.8 Å². The first-order valence-corrected chi connectivity index (χ1v) is 7.87. The second-order valence-electron chi connectivity index (χ2n) is 7.66. The Kier molecular flexibility index (Phi) is 3.25. The summed E-state index contributed by atoms with van der Waals surface area (Å²) in [6.45, 7) is 12.3. The van der Waals surface area contributed by atoms with Gasteiger partial charge < -0.3 is 14.8 Å². The van der Waals surface area contributed by atoms with Gasteiger partial charge in [0.1, 0.15) is 17.6 Å². The summed E-state index contributed by atoms with van der Waals surface area (Å²) < 4.78 is 11.4. The summed E-state index contributed by atoms with van der Waals surface area (Å²) in [5.74, 6) is 1.99. The van der Waals surface area contributed by atoms with E-state index < -0.39 is 0 Å². The zero-order valence-electron chi connectivity index (χ0n) is 14.0. The van der Waals surface area contributed by atoms with Crippen LogP contribution >= 0.6 is 0 Å². The summed E-state index contributed by atoms with van der Waals surface area (Å²) in [4.78, 5) is 0. The SMILES string of the molecule is COc1cc2c(cc1CNC1C(C)(C)C1(C)C)OC(C)C2. The standard InChI is InChI=1S/C18H27NO2/c1-11-7-12-8-14(20-6)13(9-15(12)21-11)10-19-16-17(2,3)18(16,4)5/h8-9,11,16,19H,7,10H2,1-6H3. The van der Waals surface area contributed by atoms with Crippen LogP contribution in [0.5, 0.6) is 11.5 Å². The maximum absolute atomic E-state index is 5.87. The van der Waals surface area contributed by atoms with Gasteiger partial charge in [-0.05, 0) is 29.9 Å². The molecule has 1 aromatic rings. The smallest absolute Gasteiger partial charge is 0.123 e. The zero-order chi connectivity index (χ0) is 15.4. The van der Waals surface area contributed by atoms with Crippen LogP contribution in [0.1, 0.15) is 45.7 Å². The molecular weight excluding hydrogens is 262 g/mol. The minimum absolute atomic E-state index is 0.272. The van der Waals surface area contributed by atoms with Crippen LogP contribution in [0.15, 0.2) is 12.1 Å². The van der Waals surface area contributed by atoms with Crippen LogP contribution in [0.3, 0.4) is 0 Å². The van der Waals surface area contributed by atoms with Crippen LogP contribution in [0.2, 0.25) is 0 Å². The molecule has 3 nitrogen and oxygen atoms in total. The van der Waals surface area contributed by atoms with Crippen LogP contribution in [0.25, 0.3) is 0 Å². The normalized spacial score (nSPS) is 25.3. The topological polar surface area (TPSA) is 30.5 Å². The Balaban J connectivity index is 1.76. The number of methoxy groups -OCH3 is 1. The molecule has 0 amide bonds. The number of rotatable bonds is 4. The number of ether oxygens (including phenoxy) is 2. The van der Waals surface area contributed by atoms with Crippen molar-refractivity contribution in [1.29, 1.82) is 0 Å². The summed E-state index contributed by atoms with van der Waals surface area (Å²) in [6, 6.07) is 4.83. The quantitative estimate of drug-likeness (QED) is 0.919. The molecule has 1 fully saturated rings. The van der Waals surface area contributed by atoms with Crippen molar-refractivity contribution in [3.63, 3.8) is 0 Å². The van der Waals surface area contributed by atoms with Gasteiger partial charge in [0, 0.05) is 30.1 Å². The highest BCUT2D eigenvalue weighted by molar-refractivity contribution is 5.48. The Morgan fingerprint density at radius 3 is 2.48 bits per heavy atom. The molecule has 1 aliphatic heterocycles. The number of hydrogen-bond donors (Lipinski definition) is 1. The van der Waals surface area contributed by atoms with Crippen molar-refractivity contribution in [3.05, 3.63) is 23.3 Å². The molecular formula is C18H27NO2. The van der Waals surface area contributed by atoms with E-state index in [1.165, 1.54) is 11.1 Å². The lowest BCUT2D eigenvalue weighted by molar-refractivity contribution is 0.254. The van der Waals surface area contributed by atoms with E-state index in [4.69, 9.17) is 9.47 Å². The maximum Gasteiger partial charge on any atom is 0.123 e. The van der Waals surface area contributed by atoms with Crippen LogP contribution < -0.4 is 14.8 Å². The predicted molar refractivity (Wildman–Crippen MR) is 85.0 cm³/mol. The highest BCUT2D eigenvalue weighted by atomic mass is 16.5. The average Bonchev–Trinajstić information content (AvgIpc) is 2.70. The molecule has 1 N–H and O–H groups in total. The van der Waals surface area contributed by atoms with Crippen molar-refractivity contribution in [2.45, 2.75) is 59.7 Å². The molecule has 1 atom stereocenters. The summed E-state index contributed by atoms with van der Waals surface area (Å²) >= 11 is 0. The lowest BCUT2D eigenvalue weighted by atomic mass is 10.0. The summed E-state index contributed by atoms with van der Waals surface area (Å²) in [6.07, 6.45) is 1.25. The Hall–Kier alpha value is -1.22. The molecule has 0 radical (unpaired) electrons.